The number of carbonyl (C=O) groups is 2. The second-order valence-electron chi connectivity index (χ2n) is 7.87. The lowest BCUT2D eigenvalue weighted by molar-refractivity contribution is -0.128. The molecule has 2 aliphatic rings. The van der Waals surface area contributed by atoms with Gasteiger partial charge in [-0.3, -0.25) is 14.5 Å². The van der Waals surface area contributed by atoms with E-state index in [2.05, 4.69) is 58.7 Å². The summed E-state index contributed by atoms with van der Waals surface area (Å²) in [5.41, 5.74) is 2.59. The maximum Gasteiger partial charge on any atom is 0.138 e. The number of hydrogen-bond acceptors (Lipinski definition) is 4. The van der Waals surface area contributed by atoms with E-state index in [1.54, 1.807) is 0 Å². The van der Waals surface area contributed by atoms with E-state index in [1.807, 2.05) is 26.0 Å². The summed E-state index contributed by atoms with van der Waals surface area (Å²) in [6.45, 7) is 7.44. The average Bonchev–Trinajstić information content (AvgIpc) is 2.70. The number of likely N-dealkylation sites (tertiary alicyclic amines) is 1. The zero-order valence-corrected chi connectivity index (χ0v) is 17.5. The molecule has 4 nitrogen and oxygen atoms in total. The molecule has 30 heavy (non-hydrogen) atoms. The van der Waals surface area contributed by atoms with Gasteiger partial charge in [0.25, 0.3) is 0 Å². The predicted octanol–water partition coefficient (Wildman–Crippen LogP) is 4.62. The molecule has 2 aromatic rings. The third kappa shape index (κ3) is 5.87. The van der Waals surface area contributed by atoms with Crippen molar-refractivity contribution in [3.05, 3.63) is 71.8 Å². The first-order valence-electron chi connectivity index (χ1n) is 10.7. The molecule has 0 bridgehead atoms. The lowest BCUT2D eigenvalue weighted by Gasteiger charge is -2.44. The molecule has 1 N–H and O–H groups in total. The Labute approximate surface area is 183 Å². The van der Waals surface area contributed by atoms with Crippen LogP contribution in [-0.2, 0) is 9.59 Å². The van der Waals surface area contributed by atoms with Gasteiger partial charge >= 0.3 is 0 Å². The Hall–Kier alpha value is -2.30. The van der Waals surface area contributed by atoms with Crippen LogP contribution in [0, 0.1) is 11.8 Å². The zero-order chi connectivity index (χ0) is 20.6. The Bertz CT molecular complexity index is 748. The van der Waals surface area contributed by atoms with E-state index < -0.39 is 0 Å². The van der Waals surface area contributed by atoms with Crippen molar-refractivity contribution in [2.45, 2.75) is 40.2 Å². The van der Waals surface area contributed by atoms with Crippen molar-refractivity contribution in [3.8, 4) is 0 Å². The quantitative estimate of drug-likeness (QED) is 0.724. The maximum absolute atomic E-state index is 11.8. The van der Waals surface area contributed by atoms with Crippen molar-refractivity contribution in [3.63, 3.8) is 0 Å². The first-order chi connectivity index (χ1) is 14.1. The third-order valence-corrected chi connectivity index (χ3v) is 5.89. The number of benzene rings is 2. The number of carbonyl (C=O) groups excluding carboxylic acids is 2. The second kappa shape index (κ2) is 11.8. The number of Topliss-reactive ketones (excluding diaryl/α,β-unsaturated/α-hetero) is 2. The van der Waals surface area contributed by atoms with E-state index in [-0.39, 0.29) is 20.8 Å². The Morgan fingerprint density at radius 2 is 1.30 bits per heavy atom. The maximum atomic E-state index is 11.8. The molecule has 0 atom stereocenters. The predicted molar refractivity (Wildman–Crippen MR) is 125 cm³/mol. The number of nitrogens with one attached hydrogen (secondary N) is 1. The zero-order valence-electron chi connectivity index (χ0n) is 18.5. The molecule has 2 heterocycles. The Morgan fingerprint density at radius 3 is 1.63 bits per heavy atom. The minimum Gasteiger partial charge on any atom is -1.00 e. The van der Waals surface area contributed by atoms with Gasteiger partial charge in [0.1, 0.15) is 11.6 Å². The van der Waals surface area contributed by atoms with Crippen LogP contribution in [0.25, 0.3) is 0 Å². The van der Waals surface area contributed by atoms with Gasteiger partial charge in [0, 0.05) is 50.9 Å². The fraction of sp³-hybridized carbons (Fsp3) is 0.462. The summed E-state index contributed by atoms with van der Waals surface area (Å²) >= 11 is 0. The molecule has 0 spiro atoms. The molecule has 2 aliphatic heterocycles. The molecule has 164 valence electrons. The standard InChI is InChI=1S/C19H21NO.C6H11NO.CH4.H/c1-2-18(21)17-13-20(14-17)19(15-9-5-3-6-10-15)16-11-7-4-8-12-16;1-2-6(8)5-3-7-4-5;;/h3-12,17,19H,2,13-14H2,1H3;5,7H,2-4H2,1H3;1H4;/q;;;-1/i;;;1+1. The first kappa shape index (κ1) is 24.0. The monoisotopic (exact) mass is 410 g/mol. The van der Waals surface area contributed by atoms with Gasteiger partial charge in [-0.1, -0.05) is 81.9 Å². The average molecular weight is 411 g/mol. The lowest BCUT2D eigenvalue weighted by atomic mass is 9.87. The second-order valence-corrected chi connectivity index (χ2v) is 7.87. The van der Waals surface area contributed by atoms with Crippen LogP contribution in [0.4, 0.5) is 0 Å². The van der Waals surface area contributed by atoms with Gasteiger partial charge in [-0.15, -0.1) is 0 Å². The molecular weight excluding hydrogens is 372 g/mol. The van der Waals surface area contributed by atoms with Crippen LogP contribution in [0.15, 0.2) is 60.7 Å². The number of ketones is 2. The fourth-order valence-electron chi connectivity index (χ4n) is 3.91. The highest BCUT2D eigenvalue weighted by molar-refractivity contribution is 5.82. The largest absolute Gasteiger partial charge is 1.00 e. The highest BCUT2D eigenvalue weighted by Crippen LogP contribution is 2.34. The third-order valence-electron chi connectivity index (χ3n) is 5.89. The molecule has 2 fully saturated rings. The Kier molecular flexibility index (Phi) is 9.41. The topological polar surface area (TPSA) is 49.4 Å². The van der Waals surface area contributed by atoms with Crippen molar-refractivity contribution >= 4 is 11.6 Å². The van der Waals surface area contributed by atoms with E-state index in [0.717, 1.165) is 26.2 Å². The van der Waals surface area contributed by atoms with Gasteiger partial charge < -0.3 is 6.74 Å². The lowest BCUT2D eigenvalue weighted by Crippen LogP contribution is -2.51. The van der Waals surface area contributed by atoms with Crippen molar-refractivity contribution in [2.24, 2.45) is 11.8 Å². The van der Waals surface area contributed by atoms with E-state index in [9.17, 15) is 9.59 Å². The van der Waals surface area contributed by atoms with E-state index >= 15 is 0 Å². The molecule has 0 aromatic heterocycles. The van der Waals surface area contributed by atoms with Gasteiger partial charge in [-0.2, -0.15) is 0 Å². The van der Waals surface area contributed by atoms with Gasteiger partial charge in [-0.25, -0.2) is 0 Å². The minimum absolute atomic E-state index is 0. The summed E-state index contributed by atoms with van der Waals surface area (Å²) in [4.78, 5) is 25.0. The van der Waals surface area contributed by atoms with Crippen molar-refractivity contribution < 1.29 is 11.0 Å². The highest BCUT2D eigenvalue weighted by atomic mass is 16.1. The molecule has 0 radical (unpaired) electrons. The van der Waals surface area contributed by atoms with Crippen molar-refractivity contribution in [2.75, 3.05) is 26.2 Å². The number of rotatable bonds is 7. The summed E-state index contributed by atoms with van der Waals surface area (Å²) in [5.74, 6) is 1.37. The Balaban J connectivity index is 0.000000410. The van der Waals surface area contributed by atoms with E-state index in [4.69, 9.17) is 0 Å². The van der Waals surface area contributed by atoms with Crippen LogP contribution in [0.5, 0.6) is 0 Å². The van der Waals surface area contributed by atoms with Gasteiger partial charge in [0.05, 0.1) is 6.04 Å². The summed E-state index contributed by atoms with van der Waals surface area (Å²) in [6, 6.07) is 21.4. The van der Waals surface area contributed by atoms with E-state index in [0.29, 0.717) is 30.3 Å². The van der Waals surface area contributed by atoms with Crippen LogP contribution in [-0.4, -0.2) is 42.6 Å². The summed E-state index contributed by atoms with van der Waals surface area (Å²) in [5, 5.41) is 3.06. The molecule has 0 aliphatic carbocycles. The fourth-order valence-corrected chi connectivity index (χ4v) is 3.91. The van der Waals surface area contributed by atoms with Crippen LogP contribution in [0.2, 0.25) is 0 Å². The van der Waals surface area contributed by atoms with Crippen molar-refractivity contribution in [1.82, 2.24) is 10.2 Å². The molecule has 0 amide bonds. The van der Waals surface area contributed by atoms with Gasteiger partial charge in [-0.05, 0) is 11.1 Å². The van der Waals surface area contributed by atoms with E-state index in [1.165, 1.54) is 11.1 Å². The van der Waals surface area contributed by atoms with Crippen LogP contribution < -0.4 is 5.32 Å². The normalized spacial score (nSPS) is 16.5. The Morgan fingerprint density at radius 1 is 0.867 bits per heavy atom. The molecule has 2 aromatic carbocycles. The molecule has 4 rings (SSSR count). The molecular formula is C26H37N2O2-. The molecule has 0 unspecified atom stereocenters. The van der Waals surface area contributed by atoms with Crippen LogP contribution in [0.1, 0.15) is 52.7 Å². The summed E-state index contributed by atoms with van der Waals surface area (Å²) in [7, 11) is 0. The first-order valence-corrected chi connectivity index (χ1v) is 10.7. The number of hydrogen-bond donors (Lipinski definition) is 1. The summed E-state index contributed by atoms with van der Waals surface area (Å²) in [6.07, 6.45) is 1.35. The van der Waals surface area contributed by atoms with Crippen LogP contribution in [0.3, 0.4) is 0 Å². The van der Waals surface area contributed by atoms with Gasteiger partial charge in [0.2, 0.25) is 0 Å². The van der Waals surface area contributed by atoms with Crippen LogP contribution >= 0.6 is 0 Å². The number of nitrogens with zero attached hydrogens (tertiary/aromatic N) is 1. The summed E-state index contributed by atoms with van der Waals surface area (Å²) < 4.78 is 0. The molecule has 4 heteroatoms. The smallest absolute Gasteiger partial charge is 0.138 e. The highest BCUT2D eigenvalue weighted by Gasteiger charge is 2.36. The SMILES string of the molecule is C.CCC(=O)C1CN(C(c2ccccc2)c2ccccc2)C1.CCC(=O)C1CNC1.[2H-]. The minimum atomic E-state index is 0. The van der Waals surface area contributed by atoms with Gasteiger partial charge in [0.15, 0.2) is 0 Å². The molecule has 2 saturated heterocycles. The molecule has 0 saturated carbocycles. The van der Waals surface area contributed by atoms with Crippen molar-refractivity contribution in [1.29, 1.82) is 0 Å².